The molecule has 0 unspecified atom stereocenters. The van der Waals surface area contributed by atoms with Gasteiger partial charge in [-0.05, 0) is 24.3 Å². The zero-order valence-corrected chi connectivity index (χ0v) is 18.8. The van der Waals surface area contributed by atoms with Crippen LogP contribution in [0.5, 0.6) is 0 Å². The lowest BCUT2D eigenvalue weighted by atomic mass is 10.1. The van der Waals surface area contributed by atoms with Crippen molar-refractivity contribution in [3.8, 4) is 17.2 Å². The third-order valence-electron chi connectivity index (χ3n) is 4.70. The van der Waals surface area contributed by atoms with Gasteiger partial charge in [-0.3, -0.25) is 10.2 Å². The van der Waals surface area contributed by atoms with Crippen molar-refractivity contribution in [2.45, 2.75) is 0 Å². The molecule has 0 aliphatic carbocycles. The molecule has 2 aromatic heterocycles. The van der Waals surface area contributed by atoms with Gasteiger partial charge in [-0.1, -0.05) is 59.1 Å². The highest BCUT2D eigenvalue weighted by atomic mass is 35.5. The van der Waals surface area contributed by atoms with E-state index in [-0.39, 0.29) is 16.0 Å². The van der Waals surface area contributed by atoms with E-state index in [9.17, 15) is 4.79 Å². The van der Waals surface area contributed by atoms with E-state index in [4.69, 9.17) is 45.2 Å². The highest BCUT2D eigenvalue weighted by Crippen LogP contribution is 2.28. The van der Waals surface area contributed by atoms with Crippen LogP contribution >= 0.6 is 34.8 Å². The van der Waals surface area contributed by atoms with Crippen molar-refractivity contribution in [1.82, 2.24) is 19.4 Å². The number of rotatable bonds is 3. The average Bonchev–Trinajstić information content (AvgIpc) is 2.74. The summed E-state index contributed by atoms with van der Waals surface area (Å²) < 4.78 is 1.40. The van der Waals surface area contributed by atoms with Gasteiger partial charge in [0, 0.05) is 36.4 Å². The molecule has 9 heteroatoms. The van der Waals surface area contributed by atoms with E-state index in [2.05, 4.69) is 4.98 Å². The molecule has 4 rings (SSSR count). The van der Waals surface area contributed by atoms with Gasteiger partial charge >= 0.3 is 0 Å². The molecule has 0 aliphatic heterocycles. The van der Waals surface area contributed by atoms with Crippen molar-refractivity contribution in [2.24, 2.45) is 0 Å². The molecule has 4 aromatic rings. The number of halogens is 3. The van der Waals surface area contributed by atoms with Crippen LogP contribution in [0.1, 0.15) is 5.56 Å². The summed E-state index contributed by atoms with van der Waals surface area (Å²) in [6.07, 6.45) is 1.46. The van der Waals surface area contributed by atoms with Gasteiger partial charge in [0.1, 0.15) is 17.5 Å². The molecule has 0 spiro atoms. The molecular weight excluding hydrogens is 457 g/mol. The first kappa shape index (κ1) is 21.3. The smallest absolute Gasteiger partial charge is 0.267 e. The highest BCUT2D eigenvalue weighted by molar-refractivity contribution is 6.38. The largest absolute Gasteiger partial charge is 0.363 e. The second kappa shape index (κ2) is 8.30. The first-order chi connectivity index (χ1) is 14.8. The average molecular weight is 473 g/mol. The normalized spacial score (nSPS) is 11.0. The predicted octanol–water partition coefficient (Wildman–Crippen LogP) is 5.29. The van der Waals surface area contributed by atoms with Crippen LogP contribution in [-0.2, 0) is 0 Å². The SMILES string of the molecule is CN(C)C(=N)c1ccc(-c2nc3c(Cl)cc(Cl)cc3c(=O)n2-c2ccc(Cl)cn2)cc1. The molecule has 0 saturated heterocycles. The van der Waals surface area contributed by atoms with Gasteiger partial charge in [-0.25, -0.2) is 14.5 Å². The van der Waals surface area contributed by atoms with E-state index in [0.29, 0.717) is 38.6 Å². The molecule has 1 N–H and O–H groups in total. The third-order valence-corrected chi connectivity index (χ3v) is 5.43. The van der Waals surface area contributed by atoms with E-state index < -0.39 is 0 Å². The molecule has 156 valence electrons. The van der Waals surface area contributed by atoms with Crippen molar-refractivity contribution in [2.75, 3.05) is 14.1 Å². The Morgan fingerprint density at radius 2 is 1.71 bits per heavy atom. The van der Waals surface area contributed by atoms with Crippen LogP contribution in [-0.4, -0.2) is 39.4 Å². The molecule has 2 aromatic carbocycles. The fourth-order valence-electron chi connectivity index (χ4n) is 3.16. The quantitative estimate of drug-likeness (QED) is 0.324. The van der Waals surface area contributed by atoms with Crippen molar-refractivity contribution in [3.63, 3.8) is 0 Å². The summed E-state index contributed by atoms with van der Waals surface area (Å²) in [5.41, 5.74) is 1.39. The molecule has 2 heterocycles. The van der Waals surface area contributed by atoms with Crippen LogP contribution in [0.15, 0.2) is 59.5 Å². The number of hydrogen-bond donors (Lipinski definition) is 1. The Morgan fingerprint density at radius 1 is 1.00 bits per heavy atom. The van der Waals surface area contributed by atoms with Crippen LogP contribution < -0.4 is 5.56 Å². The molecule has 0 radical (unpaired) electrons. The Kier molecular flexibility index (Phi) is 5.71. The zero-order valence-electron chi connectivity index (χ0n) is 16.5. The fourth-order valence-corrected chi connectivity index (χ4v) is 3.80. The van der Waals surface area contributed by atoms with Crippen molar-refractivity contribution in [3.05, 3.63) is 85.7 Å². The summed E-state index contributed by atoms with van der Waals surface area (Å²) in [5.74, 6) is 1.09. The van der Waals surface area contributed by atoms with Crippen LogP contribution in [0.3, 0.4) is 0 Å². The minimum atomic E-state index is -0.357. The Bertz CT molecular complexity index is 1360. The lowest BCUT2D eigenvalue weighted by Gasteiger charge is -2.16. The lowest BCUT2D eigenvalue weighted by Crippen LogP contribution is -2.23. The molecule has 31 heavy (non-hydrogen) atoms. The molecule has 0 bridgehead atoms. The van der Waals surface area contributed by atoms with Crippen LogP contribution in [0, 0.1) is 5.41 Å². The van der Waals surface area contributed by atoms with E-state index in [1.807, 2.05) is 0 Å². The van der Waals surface area contributed by atoms with Gasteiger partial charge in [-0.2, -0.15) is 0 Å². The first-order valence-corrected chi connectivity index (χ1v) is 10.3. The molecular formula is C22H16Cl3N5O. The van der Waals surface area contributed by atoms with Crippen molar-refractivity contribution >= 4 is 51.5 Å². The second-order valence-electron chi connectivity index (χ2n) is 7.01. The van der Waals surface area contributed by atoms with Crippen molar-refractivity contribution in [1.29, 1.82) is 5.41 Å². The molecule has 0 atom stereocenters. The Balaban J connectivity index is 2.01. The van der Waals surface area contributed by atoms with E-state index in [1.165, 1.54) is 16.8 Å². The number of pyridine rings is 1. The van der Waals surface area contributed by atoms with Gasteiger partial charge in [0.15, 0.2) is 0 Å². The number of benzene rings is 2. The number of nitrogens with one attached hydrogen (secondary N) is 1. The van der Waals surface area contributed by atoms with Gasteiger partial charge in [0.2, 0.25) is 0 Å². The van der Waals surface area contributed by atoms with Crippen LogP contribution in [0.2, 0.25) is 15.1 Å². The zero-order chi connectivity index (χ0) is 22.3. The van der Waals surface area contributed by atoms with Gasteiger partial charge in [-0.15, -0.1) is 0 Å². The van der Waals surface area contributed by atoms with E-state index in [1.54, 1.807) is 61.5 Å². The lowest BCUT2D eigenvalue weighted by molar-refractivity contribution is 0.619. The fraction of sp³-hybridized carbons (Fsp3) is 0.0909. The molecule has 6 nitrogen and oxygen atoms in total. The summed E-state index contributed by atoms with van der Waals surface area (Å²) in [4.78, 5) is 24.2. The minimum absolute atomic E-state index is 0.281. The number of amidine groups is 1. The molecule has 0 saturated carbocycles. The topological polar surface area (TPSA) is 74.9 Å². The summed E-state index contributed by atoms with van der Waals surface area (Å²) in [6, 6.07) is 13.6. The van der Waals surface area contributed by atoms with Crippen LogP contribution in [0.25, 0.3) is 28.1 Å². The Morgan fingerprint density at radius 3 is 2.32 bits per heavy atom. The van der Waals surface area contributed by atoms with Crippen molar-refractivity contribution < 1.29 is 0 Å². The maximum absolute atomic E-state index is 13.5. The van der Waals surface area contributed by atoms with E-state index >= 15 is 0 Å². The molecule has 0 aliphatic rings. The Labute approximate surface area is 193 Å². The highest BCUT2D eigenvalue weighted by Gasteiger charge is 2.18. The Hall–Kier alpha value is -2.93. The summed E-state index contributed by atoms with van der Waals surface area (Å²) in [7, 11) is 3.61. The molecule has 0 fully saturated rings. The predicted molar refractivity (Wildman–Crippen MR) is 126 cm³/mol. The maximum Gasteiger partial charge on any atom is 0.267 e. The number of fused-ring (bicyclic) bond motifs is 1. The number of aromatic nitrogens is 3. The van der Waals surface area contributed by atoms with Gasteiger partial charge in [0.25, 0.3) is 5.56 Å². The monoisotopic (exact) mass is 471 g/mol. The first-order valence-electron chi connectivity index (χ1n) is 9.16. The molecule has 0 amide bonds. The summed E-state index contributed by atoms with van der Waals surface area (Å²) >= 11 is 18.5. The summed E-state index contributed by atoms with van der Waals surface area (Å²) in [5, 5.41) is 9.50. The minimum Gasteiger partial charge on any atom is -0.363 e. The maximum atomic E-state index is 13.5. The standard InChI is InChI=1S/C22H16Cl3N5O/c1-29(2)20(26)12-3-5-13(6-4-12)21-28-19-16(9-15(24)10-17(19)25)22(31)30(21)18-8-7-14(23)11-27-18/h3-11,26H,1-2H3. The number of nitrogens with zero attached hydrogens (tertiary/aromatic N) is 4. The summed E-state index contributed by atoms with van der Waals surface area (Å²) in [6.45, 7) is 0. The van der Waals surface area contributed by atoms with E-state index in [0.717, 1.165) is 5.56 Å². The van der Waals surface area contributed by atoms with Gasteiger partial charge < -0.3 is 4.90 Å². The van der Waals surface area contributed by atoms with Gasteiger partial charge in [0.05, 0.1) is 20.9 Å². The number of hydrogen-bond acceptors (Lipinski definition) is 4. The third kappa shape index (κ3) is 4.02. The second-order valence-corrected chi connectivity index (χ2v) is 8.29. The van der Waals surface area contributed by atoms with Crippen LogP contribution in [0.4, 0.5) is 0 Å².